The van der Waals surface area contributed by atoms with Crippen molar-refractivity contribution < 1.29 is 19.7 Å². The van der Waals surface area contributed by atoms with E-state index in [-0.39, 0.29) is 23.2 Å². The number of ketones is 1. The Morgan fingerprint density at radius 2 is 1.88 bits per heavy atom. The van der Waals surface area contributed by atoms with Crippen LogP contribution in [0.4, 0.5) is 0 Å². The second-order valence-corrected chi connectivity index (χ2v) is 5.99. The lowest BCUT2D eigenvalue weighted by Crippen LogP contribution is -1.99. The zero-order chi connectivity index (χ0) is 19.1. The predicted octanol–water partition coefficient (Wildman–Crippen LogP) is 5.07. The van der Waals surface area contributed by atoms with Gasteiger partial charge in [0, 0.05) is 5.56 Å². The number of hydrogen-bond donors (Lipinski definition) is 2. The second kappa shape index (κ2) is 8.90. The molecule has 136 valence electrons. The highest BCUT2D eigenvalue weighted by molar-refractivity contribution is 6.07. The molecule has 0 bridgehead atoms. The number of methoxy groups -OCH3 is 1. The molecule has 0 aromatic heterocycles. The third-order valence-corrected chi connectivity index (χ3v) is 4.37. The Hall–Kier alpha value is -3.01. The minimum absolute atomic E-state index is 0.102. The van der Waals surface area contributed by atoms with Gasteiger partial charge in [-0.1, -0.05) is 19.1 Å². The molecular formula is C22H24O4. The first-order chi connectivity index (χ1) is 12.5. The van der Waals surface area contributed by atoms with Gasteiger partial charge in [-0.25, -0.2) is 0 Å². The van der Waals surface area contributed by atoms with Crippen molar-refractivity contribution in [1.82, 2.24) is 0 Å². The van der Waals surface area contributed by atoms with Gasteiger partial charge in [0.05, 0.1) is 12.7 Å². The van der Waals surface area contributed by atoms with Crippen molar-refractivity contribution in [3.05, 3.63) is 71.8 Å². The molecule has 2 aromatic carbocycles. The van der Waals surface area contributed by atoms with Crippen molar-refractivity contribution in [3.8, 4) is 17.2 Å². The quantitative estimate of drug-likeness (QED) is 0.395. The van der Waals surface area contributed by atoms with E-state index in [1.165, 1.54) is 25.3 Å². The third-order valence-electron chi connectivity index (χ3n) is 4.37. The summed E-state index contributed by atoms with van der Waals surface area (Å²) < 4.78 is 5.33. The van der Waals surface area contributed by atoms with E-state index >= 15 is 0 Å². The fraction of sp³-hybridized carbons (Fsp3) is 0.227. The van der Waals surface area contributed by atoms with E-state index < -0.39 is 0 Å². The third kappa shape index (κ3) is 4.33. The molecular weight excluding hydrogens is 328 g/mol. The summed E-state index contributed by atoms with van der Waals surface area (Å²) >= 11 is 0. The topological polar surface area (TPSA) is 66.8 Å². The minimum atomic E-state index is -0.227. The number of benzene rings is 2. The number of allylic oxidation sites excluding steroid dienone is 2. The summed E-state index contributed by atoms with van der Waals surface area (Å²) in [4.78, 5) is 12.3. The highest BCUT2D eigenvalue weighted by atomic mass is 16.5. The molecule has 0 aliphatic carbocycles. The molecule has 2 rings (SSSR count). The van der Waals surface area contributed by atoms with Crippen LogP contribution in [0, 0.1) is 0 Å². The van der Waals surface area contributed by atoms with Crippen LogP contribution in [-0.4, -0.2) is 23.1 Å². The molecule has 0 saturated heterocycles. The predicted molar refractivity (Wildman–Crippen MR) is 104 cm³/mol. The van der Waals surface area contributed by atoms with Crippen LogP contribution in [0.15, 0.2) is 55.1 Å². The summed E-state index contributed by atoms with van der Waals surface area (Å²) in [5.74, 6) is 0.640. The maximum Gasteiger partial charge on any atom is 0.185 e. The number of hydrogen-bond acceptors (Lipinski definition) is 4. The fourth-order valence-corrected chi connectivity index (χ4v) is 2.87. The second-order valence-electron chi connectivity index (χ2n) is 5.99. The van der Waals surface area contributed by atoms with E-state index in [0.717, 1.165) is 18.4 Å². The van der Waals surface area contributed by atoms with Crippen molar-refractivity contribution in [3.63, 3.8) is 0 Å². The van der Waals surface area contributed by atoms with Gasteiger partial charge >= 0.3 is 0 Å². The SMILES string of the molecule is C=CCC(CC)c1ccc(OC)c(C=CC(=O)c2ccc(O)cc2)c1O. The Balaban J connectivity index is 2.38. The van der Waals surface area contributed by atoms with Crippen LogP contribution in [0.25, 0.3) is 6.08 Å². The molecule has 1 atom stereocenters. The zero-order valence-electron chi connectivity index (χ0n) is 15.1. The van der Waals surface area contributed by atoms with E-state index in [0.29, 0.717) is 16.9 Å². The van der Waals surface area contributed by atoms with Crippen LogP contribution in [0.1, 0.15) is 47.2 Å². The maximum absolute atomic E-state index is 12.3. The summed E-state index contributed by atoms with van der Waals surface area (Å²) in [6.45, 7) is 5.83. The van der Waals surface area contributed by atoms with Gasteiger partial charge in [-0.05, 0) is 66.8 Å². The highest BCUT2D eigenvalue weighted by Crippen LogP contribution is 2.38. The molecule has 26 heavy (non-hydrogen) atoms. The van der Waals surface area contributed by atoms with Gasteiger partial charge in [0.2, 0.25) is 0 Å². The molecule has 0 saturated carbocycles. The number of phenolic OH excluding ortho intramolecular Hbond substituents is 2. The lowest BCUT2D eigenvalue weighted by Gasteiger charge is -2.18. The van der Waals surface area contributed by atoms with E-state index in [2.05, 4.69) is 13.5 Å². The summed E-state index contributed by atoms with van der Waals surface area (Å²) in [5, 5.41) is 20.1. The van der Waals surface area contributed by atoms with Crippen LogP contribution < -0.4 is 4.74 Å². The minimum Gasteiger partial charge on any atom is -0.508 e. The maximum atomic E-state index is 12.3. The van der Waals surface area contributed by atoms with Crippen LogP contribution in [0.2, 0.25) is 0 Å². The van der Waals surface area contributed by atoms with Gasteiger partial charge in [0.15, 0.2) is 5.78 Å². The first-order valence-corrected chi connectivity index (χ1v) is 8.54. The largest absolute Gasteiger partial charge is 0.508 e. The Kier molecular flexibility index (Phi) is 6.61. The average molecular weight is 352 g/mol. The van der Waals surface area contributed by atoms with Crippen molar-refractivity contribution in [1.29, 1.82) is 0 Å². The molecule has 0 spiro atoms. The first-order valence-electron chi connectivity index (χ1n) is 8.54. The van der Waals surface area contributed by atoms with E-state index in [1.54, 1.807) is 24.3 Å². The Morgan fingerprint density at radius 1 is 1.19 bits per heavy atom. The molecule has 0 aliphatic rings. The fourth-order valence-electron chi connectivity index (χ4n) is 2.87. The molecule has 0 fully saturated rings. The van der Waals surface area contributed by atoms with Crippen LogP contribution in [0.5, 0.6) is 17.2 Å². The Morgan fingerprint density at radius 3 is 2.46 bits per heavy atom. The average Bonchev–Trinajstić information content (AvgIpc) is 2.65. The number of aromatic hydroxyl groups is 2. The molecule has 2 aromatic rings. The summed E-state index contributed by atoms with van der Waals surface area (Å²) in [7, 11) is 1.52. The molecule has 4 heteroatoms. The molecule has 0 amide bonds. The Labute approximate surface area is 154 Å². The number of rotatable bonds is 8. The van der Waals surface area contributed by atoms with Gasteiger partial charge in [-0.2, -0.15) is 0 Å². The molecule has 0 radical (unpaired) electrons. The van der Waals surface area contributed by atoms with Crippen LogP contribution >= 0.6 is 0 Å². The monoisotopic (exact) mass is 352 g/mol. The number of ether oxygens (including phenoxy) is 1. The molecule has 0 heterocycles. The van der Waals surface area contributed by atoms with Gasteiger partial charge in [-0.3, -0.25) is 4.79 Å². The zero-order valence-corrected chi connectivity index (χ0v) is 15.1. The van der Waals surface area contributed by atoms with Crippen molar-refractivity contribution in [2.24, 2.45) is 0 Å². The number of carbonyl (C=O) groups is 1. The van der Waals surface area contributed by atoms with E-state index in [4.69, 9.17) is 4.74 Å². The standard InChI is InChI=1S/C22H24O4/c1-4-6-15(5-2)18-12-14-21(26-3)19(22(18)25)11-13-20(24)16-7-9-17(23)10-8-16/h4,7-15,23,25H,1,5-6H2,2-3H3. The lowest BCUT2D eigenvalue weighted by atomic mass is 9.90. The van der Waals surface area contributed by atoms with Crippen molar-refractivity contribution in [2.45, 2.75) is 25.7 Å². The summed E-state index contributed by atoms with van der Waals surface area (Å²) in [5.41, 5.74) is 1.73. The smallest absolute Gasteiger partial charge is 0.185 e. The van der Waals surface area contributed by atoms with E-state index in [9.17, 15) is 15.0 Å². The van der Waals surface area contributed by atoms with Gasteiger partial charge in [0.1, 0.15) is 17.2 Å². The highest BCUT2D eigenvalue weighted by Gasteiger charge is 2.17. The summed E-state index contributed by atoms with van der Waals surface area (Å²) in [6, 6.07) is 9.66. The van der Waals surface area contributed by atoms with Gasteiger partial charge < -0.3 is 14.9 Å². The first kappa shape index (κ1) is 19.3. The Bertz CT molecular complexity index is 804. The summed E-state index contributed by atoms with van der Waals surface area (Å²) in [6.07, 6.45) is 6.41. The van der Waals surface area contributed by atoms with Gasteiger partial charge in [0.25, 0.3) is 0 Å². The molecule has 2 N–H and O–H groups in total. The normalized spacial score (nSPS) is 12.1. The van der Waals surface area contributed by atoms with Crippen LogP contribution in [-0.2, 0) is 0 Å². The van der Waals surface area contributed by atoms with Crippen LogP contribution in [0.3, 0.4) is 0 Å². The van der Waals surface area contributed by atoms with E-state index in [1.807, 2.05) is 12.1 Å². The number of carbonyl (C=O) groups excluding carboxylic acids is 1. The van der Waals surface area contributed by atoms with Gasteiger partial charge in [-0.15, -0.1) is 6.58 Å². The molecule has 4 nitrogen and oxygen atoms in total. The molecule has 1 unspecified atom stereocenters. The number of phenols is 2. The lowest BCUT2D eigenvalue weighted by molar-refractivity contribution is 0.104. The van der Waals surface area contributed by atoms with Crippen molar-refractivity contribution in [2.75, 3.05) is 7.11 Å². The van der Waals surface area contributed by atoms with Crippen molar-refractivity contribution >= 4 is 11.9 Å². The molecule has 0 aliphatic heterocycles.